The molecule has 2 heterocycles. The summed E-state index contributed by atoms with van der Waals surface area (Å²) in [6.07, 6.45) is 5.27. The molecule has 1 N–H and O–H groups in total. The van der Waals surface area contributed by atoms with Crippen LogP contribution in [-0.2, 0) is 4.74 Å². The van der Waals surface area contributed by atoms with Gasteiger partial charge in [0.05, 0.1) is 4.47 Å². The maximum Gasteiger partial charge on any atom is 0.233 e. The van der Waals surface area contributed by atoms with Crippen molar-refractivity contribution in [2.24, 2.45) is 0 Å². The van der Waals surface area contributed by atoms with Gasteiger partial charge in [-0.2, -0.15) is 0 Å². The van der Waals surface area contributed by atoms with Crippen molar-refractivity contribution in [3.63, 3.8) is 0 Å². The molecule has 2 aromatic heterocycles. The van der Waals surface area contributed by atoms with Crippen LogP contribution in [0.15, 0.2) is 23.1 Å². The molecule has 0 saturated heterocycles. The Hall–Kier alpha value is -1.25. The summed E-state index contributed by atoms with van der Waals surface area (Å²) < 4.78 is 6.68. The van der Waals surface area contributed by atoms with E-state index in [2.05, 4.69) is 55.5 Å². The zero-order chi connectivity index (χ0) is 16.2. The van der Waals surface area contributed by atoms with Crippen molar-refractivity contribution < 1.29 is 4.74 Å². The highest BCUT2D eigenvalue weighted by atomic mass is 79.9. The normalized spacial score (nSPS) is 11.7. The molecule has 0 atom stereocenters. The van der Waals surface area contributed by atoms with Crippen LogP contribution >= 0.6 is 15.9 Å². The second-order valence-corrected chi connectivity index (χ2v) is 12.9. The lowest BCUT2D eigenvalue weighted by Gasteiger charge is -2.21. The smallest absolute Gasteiger partial charge is 0.233 e. The zero-order valence-electron chi connectivity index (χ0n) is 13.4. The summed E-state index contributed by atoms with van der Waals surface area (Å²) in [5.41, 5.74) is 0. The van der Waals surface area contributed by atoms with Gasteiger partial charge in [-0.15, -0.1) is 0 Å². The van der Waals surface area contributed by atoms with Gasteiger partial charge in [-0.3, -0.25) is 4.90 Å². The standard InChI is InChI=1S/C14H22BrN5OSi/c1-11-16-9-13(19-11)20(10-21-5-6-22(2,3)4)14-17-7-12(15)8-18-14/h7-9H,5-6,10H2,1-4H3,(H,16,19). The van der Waals surface area contributed by atoms with Crippen molar-refractivity contribution in [1.29, 1.82) is 0 Å². The Morgan fingerprint density at radius 1 is 1.27 bits per heavy atom. The van der Waals surface area contributed by atoms with E-state index in [-0.39, 0.29) is 0 Å². The van der Waals surface area contributed by atoms with Gasteiger partial charge in [-0.25, -0.2) is 15.0 Å². The molecule has 0 aliphatic rings. The molecule has 0 amide bonds. The number of rotatable bonds is 7. The van der Waals surface area contributed by atoms with E-state index in [4.69, 9.17) is 4.74 Å². The lowest BCUT2D eigenvalue weighted by molar-refractivity contribution is 0.152. The van der Waals surface area contributed by atoms with E-state index in [9.17, 15) is 0 Å². The minimum absolute atomic E-state index is 0.385. The van der Waals surface area contributed by atoms with Crippen LogP contribution in [0.5, 0.6) is 0 Å². The van der Waals surface area contributed by atoms with Gasteiger partial charge >= 0.3 is 0 Å². The van der Waals surface area contributed by atoms with Gasteiger partial charge in [0.1, 0.15) is 12.6 Å². The number of anilines is 2. The number of aromatic nitrogens is 4. The Morgan fingerprint density at radius 3 is 2.50 bits per heavy atom. The fourth-order valence-corrected chi connectivity index (χ4v) is 2.71. The van der Waals surface area contributed by atoms with E-state index >= 15 is 0 Å². The van der Waals surface area contributed by atoms with Gasteiger partial charge in [0.15, 0.2) is 5.82 Å². The van der Waals surface area contributed by atoms with Crippen LogP contribution in [0.1, 0.15) is 5.82 Å². The summed E-state index contributed by atoms with van der Waals surface area (Å²) in [7, 11) is -1.09. The molecule has 0 fully saturated rings. The average molecular weight is 384 g/mol. The van der Waals surface area contributed by atoms with E-state index < -0.39 is 8.07 Å². The summed E-state index contributed by atoms with van der Waals surface area (Å²) >= 11 is 3.35. The predicted molar refractivity (Wildman–Crippen MR) is 94.2 cm³/mol. The number of nitrogens with zero attached hydrogens (tertiary/aromatic N) is 4. The summed E-state index contributed by atoms with van der Waals surface area (Å²) in [5, 5.41) is 0. The van der Waals surface area contributed by atoms with E-state index in [0.29, 0.717) is 12.7 Å². The summed E-state index contributed by atoms with van der Waals surface area (Å²) in [6, 6.07) is 1.13. The first-order valence-electron chi connectivity index (χ1n) is 7.20. The minimum atomic E-state index is -1.09. The van der Waals surface area contributed by atoms with Crippen molar-refractivity contribution in [2.75, 3.05) is 18.2 Å². The number of imidazole rings is 1. The number of hydrogen-bond acceptors (Lipinski definition) is 5. The number of nitrogens with one attached hydrogen (secondary N) is 1. The average Bonchev–Trinajstić information content (AvgIpc) is 2.85. The van der Waals surface area contributed by atoms with Crippen LogP contribution in [0.4, 0.5) is 11.8 Å². The molecule has 0 aromatic carbocycles. The third-order valence-corrected chi connectivity index (χ3v) is 5.15. The molecule has 0 unspecified atom stereocenters. The van der Waals surface area contributed by atoms with Crippen molar-refractivity contribution in [3.05, 3.63) is 28.9 Å². The number of aromatic amines is 1. The molecule has 8 heteroatoms. The third kappa shape index (κ3) is 5.18. The second kappa shape index (κ2) is 7.34. The minimum Gasteiger partial charge on any atom is -0.361 e. The highest BCUT2D eigenvalue weighted by Gasteiger charge is 2.17. The molecule has 0 aliphatic heterocycles. The SMILES string of the molecule is Cc1nc(N(COCC[Si](C)(C)C)c2ncc(Br)cn2)c[nH]1. The topological polar surface area (TPSA) is 66.9 Å². The molecule has 0 bridgehead atoms. The van der Waals surface area contributed by atoms with E-state index in [0.717, 1.165) is 28.8 Å². The Kier molecular flexibility index (Phi) is 5.71. The Balaban J connectivity index is 2.07. The summed E-state index contributed by atoms with van der Waals surface area (Å²) in [5.74, 6) is 2.18. The molecule has 0 saturated carbocycles. The predicted octanol–water partition coefficient (Wildman–Crippen LogP) is 3.72. The van der Waals surface area contributed by atoms with E-state index in [1.54, 1.807) is 12.4 Å². The summed E-state index contributed by atoms with van der Waals surface area (Å²) in [6.45, 7) is 10.0. The lowest BCUT2D eigenvalue weighted by Crippen LogP contribution is -2.26. The largest absolute Gasteiger partial charge is 0.361 e. The number of H-pyrrole nitrogens is 1. The first kappa shape index (κ1) is 17.1. The molecule has 120 valence electrons. The first-order valence-corrected chi connectivity index (χ1v) is 11.7. The quantitative estimate of drug-likeness (QED) is 0.448. The van der Waals surface area contributed by atoms with Gasteiger partial charge < -0.3 is 9.72 Å². The van der Waals surface area contributed by atoms with Gasteiger partial charge in [-0.05, 0) is 28.9 Å². The van der Waals surface area contributed by atoms with Crippen LogP contribution in [0.2, 0.25) is 25.7 Å². The fraction of sp³-hybridized carbons (Fsp3) is 0.500. The third-order valence-electron chi connectivity index (χ3n) is 3.03. The Bertz CT molecular complexity index is 596. The lowest BCUT2D eigenvalue weighted by atomic mass is 10.6. The highest BCUT2D eigenvalue weighted by Crippen LogP contribution is 2.20. The Morgan fingerprint density at radius 2 is 1.95 bits per heavy atom. The molecule has 0 aliphatic carbocycles. The molecule has 0 radical (unpaired) electrons. The van der Waals surface area contributed by atoms with Crippen LogP contribution in [0.3, 0.4) is 0 Å². The monoisotopic (exact) mass is 383 g/mol. The highest BCUT2D eigenvalue weighted by molar-refractivity contribution is 9.10. The molecular weight excluding hydrogens is 362 g/mol. The first-order chi connectivity index (χ1) is 10.3. The van der Waals surface area contributed by atoms with E-state index in [1.165, 1.54) is 0 Å². The summed E-state index contributed by atoms with van der Waals surface area (Å²) in [4.78, 5) is 18.1. The molecule has 2 rings (SSSR count). The molecule has 2 aromatic rings. The van der Waals surface area contributed by atoms with Crippen molar-refractivity contribution in [1.82, 2.24) is 19.9 Å². The second-order valence-electron chi connectivity index (χ2n) is 6.32. The van der Waals surface area contributed by atoms with Crippen LogP contribution in [-0.4, -0.2) is 41.3 Å². The molecule has 6 nitrogen and oxygen atoms in total. The number of ether oxygens (including phenoxy) is 1. The van der Waals surface area contributed by atoms with Crippen LogP contribution < -0.4 is 4.90 Å². The van der Waals surface area contributed by atoms with Crippen molar-refractivity contribution in [3.8, 4) is 0 Å². The van der Waals surface area contributed by atoms with Crippen molar-refractivity contribution in [2.45, 2.75) is 32.6 Å². The van der Waals surface area contributed by atoms with Gasteiger partial charge in [0.2, 0.25) is 5.95 Å². The van der Waals surface area contributed by atoms with Gasteiger partial charge in [-0.1, -0.05) is 19.6 Å². The fourth-order valence-electron chi connectivity index (χ4n) is 1.75. The molecule has 22 heavy (non-hydrogen) atoms. The van der Waals surface area contributed by atoms with Gasteiger partial charge in [0, 0.05) is 33.3 Å². The number of hydrogen-bond donors (Lipinski definition) is 1. The van der Waals surface area contributed by atoms with E-state index in [1.807, 2.05) is 18.0 Å². The van der Waals surface area contributed by atoms with Gasteiger partial charge in [0.25, 0.3) is 0 Å². The zero-order valence-corrected chi connectivity index (χ0v) is 16.0. The maximum absolute atomic E-state index is 5.84. The Labute approximate surface area is 140 Å². The van der Waals surface area contributed by atoms with Crippen LogP contribution in [0, 0.1) is 6.92 Å². The molecular formula is C14H22BrN5OSi. The number of aryl methyl sites for hydroxylation is 1. The maximum atomic E-state index is 5.84. The van der Waals surface area contributed by atoms with Crippen molar-refractivity contribution >= 4 is 35.8 Å². The molecule has 0 spiro atoms. The number of halogens is 1. The van der Waals surface area contributed by atoms with Crippen LogP contribution in [0.25, 0.3) is 0 Å².